The summed E-state index contributed by atoms with van der Waals surface area (Å²) in [7, 11) is 2.00. The first-order chi connectivity index (χ1) is 16.3. The lowest BCUT2D eigenvalue weighted by molar-refractivity contribution is -0.143. The van der Waals surface area contributed by atoms with Crippen molar-refractivity contribution < 1.29 is 14.7 Å². The van der Waals surface area contributed by atoms with Crippen molar-refractivity contribution in [2.24, 2.45) is 13.0 Å². The van der Waals surface area contributed by atoms with E-state index in [1.54, 1.807) is 11.0 Å². The number of likely N-dealkylation sites (tertiary alicyclic amines) is 1. The Hall–Kier alpha value is -3.70. The summed E-state index contributed by atoms with van der Waals surface area (Å²) in [5.74, 6) is -0.381. The Morgan fingerprint density at radius 2 is 1.94 bits per heavy atom. The van der Waals surface area contributed by atoms with E-state index in [1.165, 1.54) is 17.8 Å². The van der Waals surface area contributed by atoms with E-state index in [4.69, 9.17) is 5.26 Å². The summed E-state index contributed by atoms with van der Waals surface area (Å²) in [4.78, 5) is 31.0. The molecule has 0 aliphatic carbocycles. The van der Waals surface area contributed by atoms with Gasteiger partial charge in [0.25, 0.3) is 11.8 Å². The molecule has 1 fully saturated rings. The van der Waals surface area contributed by atoms with Gasteiger partial charge >= 0.3 is 0 Å². The predicted octanol–water partition coefficient (Wildman–Crippen LogP) is 3.42. The SMILES string of the molecule is CC(C)C(O)C(=O)N1CCC(c2cn(C)c3ccc(NC(=O)c4cc(C#N)ccn4)cc23)CC1. The molecule has 0 saturated carbocycles. The minimum absolute atomic E-state index is 0.102. The molecule has 3 heterocycles. The van der Waals surface area contributed by atoms with E-state index >= 15 is 0 Å². The number of fused-ring (bicyclic) bond motifs is 1. The molecule has 8 nitrogen and oxygen atoms in total. The number of aliphatic hydroxyl groups excluding tert-OH is 1. The van der Waals surface area contributed by atoms with Crippen LogP contribution in [0.1, 0.15) is 54.2 Å². The Morgan fingerprint density at radius 1 is 1.21 bits per heavy atom. The number of hydrogen-bond acceptors (Lipinski definition) is 5. The summed E-state index contributed by atoms with van der Waals surface area (Å²) in [6.45, 7) is 4.91. The molecule has 0 radical (unpaired) electrons. The molecule has 1 atom stereocenters. The van der Waals surface area contributed by atoms with Crippen LogP contribution in [0, 0.1) is 17.2 Å². The van der Waals surface area contributed by atoms with E-state index in [0.29, 0.717) is 24.3 Å². The highest BCUT2D eigenvalue weighted by Crippen LogP contribution is 2.35. The largest absolute Gasteiger partial charge is 0.383 e. The number of aliphatic hydroxyl groups is 1. The molecule has 1 aromatic carbocycles. The highest BCUT2D eigenvalue weighted by molar-refractivity contribution is 6.04. The van der Waals surface area contributed by atoms with E-state index < -0.39 is 6.10 Å². The fourth-order valence-electron chi connectivity index (χ4n) is 4.53. The molecule has 1 aliphatic heterocycles. The maximum Gasteiger partial charge on any atom is 0.274 e. The summed E-state index contributed by atoms with van der Waals surface area (Å²) in [6, 6.07) is 10.8. The first-order valence-corrected chi connectivity index (χ1v) is 11.5. The first-order valence-electron chi connectivity index (χ1n) is 11.5. The molecule has 0 bridgehead atoms. The number of aryl methyl sites for hydroxylation is 1. The van der Waals surface area contributed by atoms with Crippen LogP contribution in [0.2, 0.25) is 0 Å². The molecule has 176 valence electrons. The van der Waals surface area contributed by atoms with Crippen LogP contribution in [0.15, 0.2) is 42.7 Å². The van der Waals surface area contributed by atoms with Crippen molar-refractivity contribution >= 4 is 28.4 Å². The van der Waals surface area contributed by atoms with Gasteiger partial charge in [0.2, 0.25) is 0 Å². The van der Waals surface area contributed by atoms with Gasteiger partial charge < -0.3 is 19.9 Å². The Kier molecular flexibility index (Phi) is 6.66. The van der Waals surface area contributed by atoms with Gasteiger partial charge in [0, 0.05) is 49.1 Å². The first kappa shape index (κ1) is 23.5. The fourth-order valence-corrected chi connectivity index (χ4v) is 4.53. The van der Waals surface area contributed by atoms with Crippen molar-refractivity contribution in [3.63, 3.8) is 0 Å². The maximum atomic E-state index is 12.7. The van der Waals surface area contributed by atoms with Crippen LogP contribution < -0.4 is 5.32 Å². The summed E-state index contributed by atoms with van der Waals surface area (Å²) >= 11 is 0. The lowest BCUT2D eigenvalue weighted by Gasteiger charge is -2.34. The van der Waals surface area contributed by atoms with Gasteiger partial charge in [-0.25, -0.2) is 0 Å². The van der Waals surface area contributed by atoms with Gasteiger partial charge in [0.15, 0.2) is 0 Å². The zero-order chi connectivity index (χ0) is 24.4. The van der Waals surface area contributed by atoms with Crippen molar-refractivity contribution in [1.82, 2.24) is 14.5 Å². The lowest BCUT2D eigenvalue weighted by Crippen LogP contribution is -2.45. The van der Waals surface area contributed by atoms with Gasteiger partial charge in [-0.2, -0.15) is 5.26 Å². The molecule has 1 unspecified atom stereocenters. The Bertz CT molecular complexity index is 1270. The third-order valence-corrected chi connectivity index (χ3v) is 6.53. The average Bonchev–Trinajstić information content (AvgIpc) is 3.18. The number of pyridine rings is 1. The average molecular weight is 460 g/mol. The second kappa shape index (κ2) is 9.65. The molecule has 2 aromatic heterocycles. The van der Waals surface area contributed by atoms with Crippen molar-refractivity contribution in [2.45, 2.75) is 38.7 Å². The summed E-state index contributed by atoms with van der Waals surface area (Å²) in [5, 5.41) is 23.1. The number of nitrogens with one attached hydrogen (secondary N) is 1. The van der Waals surface area contributed by atoms with Crippen LogP contribution in [-0.4, -0.2) is 50.6 Å². The van der Waals surface area contributed by atoms with Crippen LogP contribution in [0.25, 0.3) is 10.9 Å². The molecular formula is C26H29N5O3. The Labute approximate surface area is 198 Å². The van der Waals surface area contributed by atoms with Crippen LogP contribution in [0.3, 0.4) is 0 Å². The molecule has 1 saturated heterocycles. The van der Waals surface area contributed by atoms with Gasteiger partial charge in [-0.1, -0.05) is 13.8 Å². The Morgan fingerprint density at radius 3 is 2.62 bits per heavy atom. The maximum absolute atomic E-state index is 12.7. The molecule has 34 heavy (non-hydrogen) atoms. The number of nitriles is 1. The van der Waals surface area contributed by atoms with Gasteiger partial charge in [-0.3, -0.25) is 14.6 Å². The van der Waals surface area contributed by atoms with E-state index in [1.807, 2.05) is 45.2 Å². The van der Waals surface area contributed by atoms with E-state index in [-0.39, 0.29) is 29.3 Å². The predicted molar refractivity (Wildman–Crippen MR) is 129 cm³/mol. The summed E-state index contributed by atoms with van der Waals surface area (Å²) in [6.07, 6.45) is 4.25. The van der Waals surface area contributed by atoms with Gasteiger partial charge in [0.1, 0.15) is 11.8 Å². The molecule has 1 aliphatic rings. The third kappa shape index (κ3) is 4.66. The zero-order valence-electron chi connectivity index (χ0n) is 19.7. The van der Waals surface area contributed by atoms with Gasteiger partial charge in [-0.15, -0.1) is 0 Å². The number of nitrogens with zero attached hydrogens (tertiary/aromatic N) is 4. The molecule has 3 aromatic rings. The number of piperidine rings is 1. The van der Waals surface area contributed by atoms with Crippen LogP contribution >= 0.6 is 0 Å². The quantitative estimate of drug-likeness (QED) is 0.607. The van der Waals surface area contributed by atoms with Crippen molar-refractivity contribution in [3.05, 3.63) is 59.5 Å². The van der Waals surface area contributed by atoms with Gasteiger partial charge in [0.05, 0.1) is 11.6 Å². The molecular weight excluding hydrogens is 430 g/mol. The second-order valence-electron chi connectivity index (χ2n) is 9.21. The monoisotopic (exact) mass is 459 g/mol. The molecule has 0 spiro atoms. The molecule has 4 rings (SSSR count). The number of benzene rings is 1. The molecule has 2 amide bonds. The van der Waals surface area contributed by atoms with E-state index in [2.05, 4.69) is 21.1 Å². The van der Waals surface area contributed by atoms with Crippen LogP contribution in [-0.2, 0) is 11.8 Å². The second-order valence-corrected chi connectivity index (χ2v) is 9.21. The minimum atomic E-state index is -0.955. The standard InChI is InChI=1S/C26H29N5O3/c1-16(2)24(32)26(34)31-10-7-18(8-11-31)21-15-30(3)23-5-4-19(13-20(21)23)29-25(33)22-12-17(14-27)6-9-28-22/h4-6,9,12-13,15-16,18,24,32H,7-8,10-11H2,1-3H3,(H,29,33). The summed E-state index contributed by atoms with van der Waals surface area (Å²) < 4.78 is 2.08. The van der Waals surface area contributed by atoms with Crippen LogP contribution in [0.4, 0.5) is 5.69 Å². The fraction of sp³-hybridized carbons (Fsp3) is 0.385. The smallest absolute Gasteiger partial charge is 0.274 e. The topological polar surface area (TPSA) is 111 Å². The third-order valence-electron chi connectivity index (χ3n) is 6.53. The van der Waals surface area contributed by atoms with Crippen molar-refractivity contribution in [1.29, 1.82) is 5.26 Å². The zero-order valence-corrected chi connectivity index (χ0v) is 19.7. The highest BCUT2D eigenvalue weighted by atomic mass is 16.3. The number of anilines is 1. The lowest BCUT2D eigenvalue weighted by atomic mass is 9.88. The summed E-state index contributed by atoms with van der Waals surface area (Å²) in [5.41, 5.74) is 3.47. The molecule has 8 heteroatoms. The van der Waals surface area contributed by atoms with E-state index in [0.717, 1.165) is 23.7 Å². The number of rotatable bonds is 5. The van der Waals surface area contributed by atoms with E-state index in [9.17, 15) is 14.7 Å². The highest BCUT2D eigenvalue weighted by Gasteiger charge is 2.30. The Balaban J connectivity index is 1.52. The number of hydrogen-bond donors (Lipinski definition) is 2. The number of amides is 2. The van der Waals surface area contributed by atoms with Crippen molar-refractivity contribution in [2.75, 3.05) is 18.4 Å². The van der Waals surface area contributed by atoms with Gasteiger partial charge in [-0.05, 0) is 60.6 Å². The number of aromatic nitrogens is 2. The molecule has 2 N–H and O–H groups in total. The van der Waals surface area contributed by atoms with Crippen LogP contribution in [0.5, 0.6) is 0 Å². The van der Waals surface area contributed by atoms with Crippen molar-refractivity contribution in [3.8, 4) is 6.07 Å². The normalized spacial score (nSPS) is 15.4. The number of carbonyl (C=O) groups is 2. The minimum Gasteiger partial charge on any atom is -0.383 e. The number of carbonyl (C=O) groups excluding carboxylic acids is 2.